The first-order chi connectivity index (χ1) is 8.52. The first kappa shape index (κ1) is 14.8. The molecule has 0 bridgehead atoms. The Kier molecular flexibility index (Phi) is 5.47. The number of hydrogen-bond donors (Lipinski definition) is 2. The van der Waals surface area contributed by atoms with Crippen LogP contribution in [-0.4, -0.2) is 34.6 Å². The molecule has 104 valence electrons. The SMILES string of the molecule is CCCCN(CCO)c1c(N)c(C(C)C)nn1C. The van der Waals surface area contributed by atoms with Crippen LogP contribution in [0.5, 0.6) is 0 Å². The van der Waals surface area contributed by atoms with Gasteiger partial charge in [-0.15, -0.1) is 0 Å². The van der Waals surface area contributed by atoms with Crippen molar-refractivity contribution in [2.45, 2.75) is 39.5 Å². The van der Waals surface area contributed by atoms with Crippen LogP contribution in [0, 0.1) is 0 Å². The number of nitrogen functional groups attached to an aromatic ring is 1. The van der Waals surface area contributed by atoms with Gasteiger partial charge in [-0.25, -0.2) is 0 Å². The predicted octanol–water partition coefficient (Wildman–Crippen LogP) is 1.72. The zero-order chi connectivity index (χ0) is 13.7. The highest BCUT2D eigenvalue weighted by Crippen LogP contribution is 2.30. The molecule has 0 atom stereocenters. The van der Waals surface area contributed by atoms with Gasteiger partial charge in [-0.05, 0) is 12.3 Å². The Morgan fingerprint density at radius 3 is 2.50 bits per heavy atom. The maximum absolute atomic E-state index is 9.18. The molecule has 5 heteroatoms. The number of rotatable bonds is 7. The van der Waals surface area contributed by atoms with Gasteiger partial charge in [-0.3, -0.25) is 4.68 Å². The molecule has 18 heavy (non-hydrogen) atoms. The monoisotopic (exact) mass is 254 g/mol. The van der Waals surface area contributed by atoms with Crippen LogP contribution in [0.4, 0.5) is 11.5 Å². The summed E-state index contributed by atoms with van der Waals surface area (Å²) >= 11 is 0. The zero-order valence-electron chi connectivity index (χ0n) is 12.0. The van der Waals surface area contributed by atoms with E-state index in [2.05, 4.69) is 30.8 Å². The molecule has 5 nitrogen and oxygen atoms in total. The normalized spacial score (nSPS) is 11.2. The Labute approximate surface area is 110 Å². The van der Waals surface area contributed by atoms with E-state index < -0.39 is 0 Å². The topological polar surface area (TPSA) is 67.3 Å². The molecule has 0 aliphatic heterocycles. The van der Waals surface area contributed by atoms with Crippen LogP contribution in [0.1, 0.15) is 45.2 Å². The first-order valence-electron chi connectivity index (χ1n) is 6.71. The molecule has 0 fully saturated rings. The van der Waals surface area contributed by atoms with Crippen LogP contribution in [0.2, 0.25) is 0 Å². The molecule has 1 aromatic rings. The van der Waals surface area contributed by atoms with E-state index in [4.69, 9.17) is 5.73 Å². The summed E-state index contributed by atoms with van der Waals surface area (Å²) in [6.45, 7) is 7.96. The smallest absolute Gasteiger partial charge is 0.150 e. The average Bonchev–Trinajstić information content (AvgIpc) is 2.61. The van der Waals surface area contributed by atoms with Crippen LogP contribution in [0.25, 0.3) is 0 Å². The Hall–Kier alpha value is -1.23. The van der Waals surface area contributed by atoms with Crippen LogP contribution in [0.3, 0.4) is 0 Å². The zero-order valence-corrected chi connectivity index (χ0v) is 12.0. The Bertz CT molecular complexity index is 373. The highest BCUT2D eigenvalue weighted by Gasteiger charge is 2.20. The van der Waals surface area contributed by atoms with Gasteiger partial charge in [-0.1, -0.05) is 27.2 Å². The molecule has 1 heterocycles. The molecule has 0 aliphatic rings. The number of nitrogens with zero attached hydrogens (tertiary/aromatic N) is 3. The van der Waals surface area contributed by atoms with E-state index in [1.54, 1.807) is 0 Å². The summed E-state index contributed by atoms with van der Waals surface area (Å²) in [5.74, 6) is 1.24. The fourth-order valence-corrected chi connectivity index (χ4v) is 2.15. The highest BCUT2D eigenvalue weighted by atomic mass is 16.3. The summed E-state index contributed by atoms with van der Waals surface area (Å²) in [6, 6.07) is 0. The Morgan fingerprint density at radius 1 is 1.39 bits per heavy atom. The number of nitrogens with two attached hydrogens (primary N) is 1. The van der Waals surface area contributed by atoms with Gasteiger partial charge in [0.25, 0.3) is 0 Å². The fraction of sp³-hybridized carbons (Fsp3) is 0.769. The molecule has 0 aliphatic carbocycles. The molecule has 0 unspecified atom stereocenters. The summed E-state index contributed by atoms with van der Waals surface area (Å²) in [4.78, 5) is 2.12. The highest BCUT2D eigenvalue weighted by molar-refractivity contribution is 5.67. The maximum atomic E-state index is 9.18. The number of anilines is 2. The summed E-state index contributed by atoms with van der Waals surface area (Å²) in [7, 11) is 1.91. The van der Waals surface area contributed by atoms with Crippen molar-refractivity contribution in [3.63, 3.8) is 0 Å². The molecule has 3 N–H and O–H groups in total. The largest absolute Gasteiger partial charge is 0.395 e. The number of aliphatic hydroxyl groups excluding tert-OH is 1. The molecule has 1 aromatic heterocycles. The van der Waals surface area contributed by atoms with Crippen molar-refractivity contribution in [2.75, 3.05) is 30.3 Å². The van der Waals surface area contributed by atoms with Crippen molar-refractivity contribution in [2.24, 2.45) is 7.05 Å². The van der Waals surface area contributed by atoms with E-state index in [1.165, 1.54) is 0 Å². The van der Waals surface area contributed by atoms with Gasteiger partial charge < -0.3 is 15.7 Å². The van der Waals surface area contributed by atoms with Crippen LogP contribution >= 0.6 is 0 Å². The molecule has 0 saturated carbocycles. The van der Waals surface area contributed by atoms with E-state index in [9.17, 15) is 5.11 Å². The first-order valence-corrected chi connectivity index (χ1v) is 6.71. The van der Waals surface area contributed by atoms with Crippen molar-refractivity contribution < 1.29 is 5.11 Å². The second-order valence-corrected chi connectivity index (χ2v) is 4.97. The average molecular weight is 254 g/mol. The lowest BCUT2D eigenvalue weighted by atomic mass is 10.1. The summed E-state index contributed by atoms with van der Waals surface area (Å²) in [6.07, 6.45) is 2.21. The number of aromatic nitrogens is 2. The lowest BCUT2D eigenvalue weighted by molar-refractivity contribution is 0.301. The lowest BCUT2D eigenvalue weighted by Crippen LogP contribution is -2.30. The van der Waals surface area contributed by atoms with E-state index in [0.717, 1.165) is 36.6 Å². The molecule has 1 rings (SSSR count). The molecule has 0 spiro atoms. The molecular weight excluding hydrogens is 228 g/mol. The third-order valence-electron chi connectivity index (χ3n) is 3.08. The summed E-state index contributed by atoms with van der Waals surface area (Å²) in [5, 5.41) is 13.7. The standard InChI is InChI=1S/C13H26N4O/c1-5-6-7-17(8-9-18)13-11(14)12(10(2)3)15-16(13)4/h10,18H,5-9,14H2,1-4H3. The van der Waals surface area contributed by atoms with Gasteiger partial charge in [-0.2, -0.15) is 5.10 Å². The molecule has 0 amide bonds. The van der Waals surface area contributed by atoms with E-state index in [-0.39, 0.29) is 6.61 Å². The van der Waals surface area contributed by atoms with Crippen molar-refractivity contribution in [1.82, 2.24) is 9.78 Å². The van der Waals surface area contributed by atoms with E-state index in [1.807, 2.05) is 11.7 Å². The second kappa shape index (κ2) is 6.64. The molecule has 0 aromatic carbocycles. The van der Waals surface area contributed by atoms with Crippen molar-refractivity contribution in [1.29, 1.82) is 0 Å². The third kappa shape index (κ3) is 3.16. The fourth-order valence-electron chi connectivity index (χ4n) is 2.15. The minimum absolute atomic E-state index is 0.130. The quantitative estimate of drug-likeness (QED) is 0.777. The number of unbranched alkanes of at least 4 members (excludes halogenated alkanes) is 1. The van der Waals surface area contributed by atoms with E-state index in [0.29, 0.717) is 12.5 Å². The van der Waals surface area contributed by atoms with Crippen molar-refractivity contribution in [3.8, 4) is 0 Å². The maximum Gasteiger partial charge on any atom is 0.150 e. The number of hydrogen-bond acceptors (Lipinski definition) is 4. The summed E-state index contributed by atoms with van der Waals surface area (Å²) < 4.78 is 1.83. The Balaban J connectivity index is 3.03. The minimum atomic E-state index is 0.130. The van der Waals surface area contributed by atoms with Gasteiger partial charge in [0.1, 0.15) is 0 Å². The number of aliphatic hydroxyl groups is 1. The van der Waals surface area contributed by atoms with Crippen molar-refractivity contribution >= 4 is 11.5 Å². The third-order valence-corrected chi connectivity index (χ3v) is 3.08. The van der Waals surface area contributed by atoms with Gasteiger partial charge in [0.2, 0.25) is 0 Å². The van der Waals surface area contributed by atoms with Gasteiger partial charge in [0.05, 0.1) is 18.0 Å². The Morgan fingerprint density at radius 2 is 2.06 bits per heavy atom. The van der Waals surface area contributed by atoms with Gasteiger partial charge >= 0.3 is 0 Å². The second-order valence-electron chi connectivity index (χ2n) is 4.97. The van der Waals surface area contributed by atoms with Crippen LogP contribution < -0.4 is 10.6 Å². The van der Waals surface area contributed by atoms with Crippen LogP contribution in [-0.2, 0) is 7.05 Å². The van der Waals surface area contributed by atoms with Crippen LogP contribution in [0.15, 0.2) is 0 Å². The molecule has 0 radical (unpaired) electrons. The minimum Gasteiger partial charge on any atom is -0.395 e. The molecule has 0 saturated heterocycles. The lowest BCUT2D eigenvalue weighted by Gasteiger charge is -2.24. The van der Waals surface area contributed by atoms with Gasteiger partial charge in [0, 0.05) is 20.1 Å². The number of aryl methyl sites for hydroxylation is 1. The molecular formula is C13H26N4O. The van der Waals surface area contributed by atoms with Gasteiger partial charge in [0.15, 0.2) is 5.82 Å². The predicted molar refractivity (Wildman–Crippen MR) is 75.9 cm³/mol. The summed E-state index contributed by atoms with van der Waals surface area (Å²) in [5.41, 5.74) is 7.89. The van der Waals surface area contributed by atoms with Crippen molar-refractivity contribution in [3.05, 3.63) is 5.69 Å². The van der Waals surface area contributed by atoms with E-state index >= 15 is 0 Å².